The number of aliphatic carboxylic acids is 1. The van der Waals surface area contributed by atoms with E-state index in [0.717, 1.165) is 0 Å². The number of phenolic OH excluding ortho intramolecular Hbond substituents is 1. The average Bonchev–Trinajstić information content (AvgIpc) is 2.39. The lowest BCUT2D eigenvalue weighted by Crippen LogP contribution is -2.45. The molecular weight excluding hydrogens is 274 g/mol. The standard InChI is InChI=1S/C15H21NO5/c1-4-15(2,3)21-14(20)16-12(13(18)19)9-10-5-7-11(17)8-6-10/h5-8,12,17H,4,9H2,1-3H3,(H,16,20)(H,18,19)/t12-/m0/s1. The fourth-order valence-corrected chi connectivity index (χ4v) is 1.56. The van der Waals surface area contributed by atoms with Gasteiger partial charge in [0.2, 0.25) is 0 Å². The molecule has 0 fully saturated rings. The zero-order chi connectivity index (χ0) is 16.0. The number of carboxylic acids is 1. The van der Waals surface area contributed by atoms with Gasteiger partial charge in [0.1, 0.15) is 17.4 Å². The summed E-state index contributed by atoms with van der Waals surface area (Å²) in [6.07, 6.45) is -0.0269. The normalized spacial score (nSPS) is 12.5. The Balaban J connectivity index is 2.68. The third kappa shape index (κ3) is 5.72. The fourth-order valence-electron chi connectivity index (χ4n) is 1.56. The van der Waals surface area contributed by atoms with Gasteiger partial charge in [-0.2, -0.15) is 0 Å². The fraction of sp³-hybridized carbons (Fsp3) is 0.467. The molecule has 0 unspecified atom stereocenters. The Morgan fingerprint density at radius 2 is 1.86 bits per heavy atom. The summed E-state index contributed by atoms with van der Waals surface area (Å²) in [6, 6.07) is 5.05. The van der Waals surface area contributed by atoms with Gasteiger partial charge < -0.3 is 20.3 Å². The van der Waals surface area contributed by atoms with Gasteiger partial charge in [0, 0.05) is 6.42 Å². The van der Waals surface area contributed by atoms with Crippen LogP contribution in [0.2, 0.25) is 0 Å². The summed E-state index contributed by atoms with van der Waals surface area (Å²) < 4.78 is 5.17. The highest BCUT2D eigenvalue weighted by molar-refractivity contribution is 5.80. The molecular formula is C15H21NO5. The second-order valence-corrected chi connectivity index (χ2v) is 5.41. The van der Waals surface area contributed by atoms with Crippen LogP contribution in [0.25, 0.3) is 0 Å². The molecule has 0 aliphatic rings. The Hall–Kier alpha value is -2.24. The number of nitrogens with one attached hydrogen (secondary N) is 1. The van der Waals surface area contributed by atoms with E-state index in [0.29, 0.717) is 12.0 Å². The second kappa shape index (κ2) is 6.97. The van der Waals surface area contributed by atoms with E-state index in [4.69, 9.17) is 4.74 Å². The van der Waals surface area contributed by atoms with E-state index in [9.17, 15) is 19.8 Å². The first kappa shape index (κ1) is 16.8. The number of carbonyl (C=O) groups excluding carboxylic acids is 1. The molecule has 6 nitrogen and oxygen atoms in total. The van der Waals surface area contributed by atoms with Crippen LogP contribution in [-0.2, 0) is 16.0 Å². The van der Waals surface area contributed by atoms with E-state index in [1.165, 1.54) is 12.1 Å². The summed E-state index contributed by atoms with van der Waals surface area (Å²) in [7, 11) is 0. The van der Waals surface area contributed by atoms with Crippen molar-refractivity contribution in [1.29, 1.82) is 0 Å². The number of carbonyl (C=O) groups is 2. The van der Waals surface area contributed by atoms with E-state index in [1.54, 1.807) is 26.0 Å². The minimum Gasteiger partial charge on any atom is -0.508 e. The number of aromatic hydroxyl groups is 1. The quantitative estimate of drug-likeness (QED) is 0.748. The van der Waals surface area contributed by atoms with Crippen molar-refractivity contribution in [2.75, 3.05) is 0 Å². The molecule has 1 amide bonds. The summed E-state index contributed by atoms with van der Waals surface area (Å²) in [5.41, 5.74) is 0.0429. The zero-order valence-corrected chi connectivity index (χ0v) is 12.4. The second-order valence-electron chi connectivity index (χ2n) is 5.41. The maximum atomic E-state index is 11.7. The number of amides is 1. The van der Waals surface area contributed by atoms with Gasteiger partial charge in [0.15, 0.2) is 0 Å². The lowest BCUT2D eigenvalue weighted by molar-refractivity contribution is -0.139. The molecule has 0 bridgehead atoms. The maximum Gasteiger partial charge on any atom is 0.408 e. The third-order valence-electron chi connectivity index (χ3n) is 3.19. The minimum atomic E-state index is -1.14. The van der Waals surface area contributed by atoms with Crippen molar-refractivity contribution >= 4 is 12.1 Å². The number of hydrogen-bond donors (Lipinski definition) is 3. The molecule has 0 aromatic heterocycles. The summed E-state index contributed by atoms with van der Waals surface area (Å²) in [5.74, 6) is -1.04. The van der Waals surface area contributed by atoms with Gasteiger partial charge >= 0.3 is 12.1 Å². The van der Waals surface area contributed by atoms with Gasteiger partial charge in [0.25, 0.3) is 0 Å². The molecule has 0 saturated carbocycles. The number of benzene rings is 1. The lowest BCUT2D eigenvalue weighted by Gasteiger charge is -2.24. The smallest absolute Gasteiger partial charge is 0.408 e. The van der Waals surface area contributed by atoms with Crippen LogP contribution < -0.4 is 5.32 Å². The largest absolute Gasteiger partial charge is 0.508 e. The van der Waals surface area contributed by atoms with Crippen molar-refractivity contribution in [3.05, 3.63) is 29.8 Å². The van der Waals surface area contributed by atoms with Crippen molar-refractivity contribution in [2.24, 2.45) is 0 Å². The minimum absolute atomic E-state index is 0.0997. The number of carboxylic acid groups (broad SMARTS) is 1. The van der Waals surface area contributed by atoms with Gasteiger partial charge in [-0.1, -0.05) is 19.1 Å². The molecule has 1 aromatic rings. The molecule has 1 rings (SSSR count). The van der Waals surface area contributed by atoms with Gasteiger partial charge in [-0.25, -0.2) is 9.59 Å². The summed E-state index contributed by atoms with van der Waals surface area (Å²) >= 11 is 0. The van der Waals surface area contributed by atoms with Crippen LogP contribution in [0, 0.1) is 0 Å². The maximum absolute atomic E-state index is 11.7. The highest BCUT2D eigenvalue weighted by Gasteiger charge is 2.25. The molecule has 21 heavy (non-hydrogen) atoms. The Labute approximate surface area is 123 Å². The number of rotatable bonds is 6. The molecule has 3 N–H and O–H groups in total. The highest BCUT2D eigenvalue weighted by Crippen LogP contribution is 2.14. The van der Waals surface area contributed by atoms with E-state index >= 15 is 0 Å². The summed E-state index contributed by atoms with van der Waals surface area (Å²) in [5, 5.41) is 20.7. The van der Waals surface area contributed by atoms with Crippen LogP contribution in [0.15, 0.2) is 24.3 Å². The van der Waals surface area contributed by atoms with Gasteiger partial charge in [-0.15, -0.1) is 0 Å². The first-order valence-corrected chi connectivity index (χ1v) is 6.73. The van der Waals surface area contributed by atoms with Crippen molar-refractivity contribution in [2.45, 2.75) is 45.3 Å². The highest BCUT2D eigenvalue weighted by atomic mass is 16.6. The molecule has 1 aromatic carbocycles. The molecule has 0 spiro atoms. The Morgan fingerprint density at radius 3 is 2.33 bits per heavy atom. The Kier molecular flexibility index (Phi) is 5.58. The monoisotopic (exact) mass is 295 g/mol. The molecule has 0 aliphatic carbocycles. The predicted molar refractivity (Wildman–Crippen MR) is 77.2 cm³/mol. The predicted octanol–water partition coefficient (Wildman–Crippen LogP) is 2.30. The van der Waals surface area contributed by atoms with Crippen LogP contribution in [0.5, 0.6) is 5.75 Å². The topological polar surface area (TPSA) is 95.9 Å². The molecule has 0 aliphatic heterocycles. The molecule has 0 radical (unpaired) electrons. The van der Waals surface area contributed by atoms with Crippen molar-refractivity contribution in [3.8, 4) is 5.75 Å². The summed E-state index contributed by atoms with van der Waals surface area (Å²) in [4.78, 5) is 23.0. The molecule has 6 heteroatoms. The molecule has 0 saturated heterocycles. The van der Waals surface area contributed by atoms with Crippen LogP contribution in [0.3, 0.4) is 0 Å². The first-order valence-electron chi connectivity index (χ1n) is 6.73. The van der Waals surface area contributed by atoms with Crippen molar-refractivity contribution < 1.29 is 24.5 Å². The lowest BCUT2D eigenvalue weighted by atomic mass is 10.1. The number of alkyl carbamates (subject to hydrolysis) is 1. The van der Waals surface area contributed by atoms with Crippen LogP contribution in [0.1, 0.15) is 32.8 Å². The van der Waals surface area contributed by atoms with Crippen LogP contribution in [-0.4, -0.2) is 33.9 Å². The Bertz CT molecular complexity index is 495. The Morgan fingerprint density at radius 1 is 1.29 bits per heavy atom. The van der Waals surface area contributed by atoms with Crippen LogP contribution >= 0.6 is 0 Å². The molecule has 1 atom stereocenters. The van der Waals surface area contributed by atoms with Crippen molar-refractivity contribution in [3.63, 3.8) is 0 Å². The van der Waals surface area contributed by atoms with E-state index in [2.05, 4.69) is 5.32 Å². The molecule has 0 heterocycles. The van der Waals surface area contributed by atoms with E-state index < -0.39 is 23.7 Å². The zero-order valence-electron chi connectivity index (χ0n) is 12.4. The van der Waals surface area contributed by atoms with Gasteiger partial charge in [-0.3, -0.25) is 0 Å². The number of phenols is 1. The van der Waals surface area contributed by atoms with Gasteiger partial charge in [-0.05, 0) is 38.0 Å². The van der Waals surface area contributed by atoms with Gasteiger partial charge in [0.05, 0.1) is 0 Å². The van der Waals surface area contributed by atoms with E-state index in [-0.39, 0.29) is 12.2 Å². The molecule has 116 valence electrons. The number of hydrogen-bond acceptors (Lipinski definition) is 4. The van der Waals surface area contributed by atoms with Crippen molar-refractivity contribution in [1.82, 2.24) is 5.32 Å². The average molecular weight is 295 g/mol. The SMILES string of the molecule is CCC(C)(C)OC(=O)N[C@@H](Cc1ccc(O)cc1)C(=O)O. The first-order chi connectivity index (χ1) is 9.73. The summed E-state index contributed by atoms with van der Waals surface area (Å²) in [6.45, 7) is 5.38. The van der Waals surface area contributed by atoms with Crippen LogP contribution in [0.4, 0.5) is 4.79 Å². The van der Waals surface area contributed by atoms with E-state index in [1.807, 2.05) is 6.92 Å². The number of ether oxygens (including phenoxy) is 1. The third-order valence-corrected chi connectivity index (χ3v) is 3.19.